The molecular formula is C10H20ClN. The molecule has 1 aliphatic carbocycles. The van der Waals surface area contributed by atoms with Gasteiger partial charge in [-0.15, -0.1) is 12.4 Å². The molecule has 1 saturated carbocycles. The molecule has 0 unspecified atom stereocenters. The lowest BCUT2D eigenvalue weighted by Gasteiger charge is -2.32. The Labute approximate surface area is 81.7 Å². The maximum absolute atomic E-state index is 3.35. The van der Waals surface area contributed by atoms with Crippen LogP contribution in [-0.2, 0) is 0 Å². The minimum atomic E-state index is 0. The van der Waals surface area contributed by atoms with Gasteiger partial charge in [-0.2, -0.15) is 0 Å². The zero-order valence-corrected chi connectivity index (χ0v) is 8.54. The standard InChI is InChI=1S/C10H19N.ClH/c1-2-4-9(5-3-1)6-10-7-11-8-10;/h9-11H,1-8H2;1H. The van der Waals surface area contributed by atoms with Crippen LogP contribution in [0, 0.1) is 11.8 Å². The molecule has 2 aliphatic rings. The highest BCUT2D eigenvalue weighted by molar-refractivity contribution is 5.85. The number of nitrogens with one attached hydrogen (secondary N) is 1. The predicted molar refractivity (Wildman–Crippen MR) is 54.8 cm³/mol. The van der Waals surface area contributed by atoms with E-state index in [1.165, 1.54) is 51.6 Å². The van der Waals surface area contributed by atoms with Gasteiger partial charge < -0.3 is 5.32 Å². The molecule has 2 fully saturated rings. The topological polar surface area (TPSA) is 12.0 Å². The Morgan fingerprint density at radius 3 is 2.08 bits per heavy atom. The second-order valence-electron chi connectivity index (χ2n) is 4.26. The average Bonchev–Trinajstić information content (AvgIpc) is 1.99. The third-order valence-corrected chi connectivity index (χ3v) is 3.26. The summed E-state index contributed by atoms with van der Waals surface area (Å²) in [5, 5.41) is 3.35. The van der Waals surface area contributed by atoms with Crippen molar-refractivity contribution in [3.63, 3.8) is 0 Å². The van der Waals surface area contributed by atoms with Gasteiger partial charge in [-0.05, 0) is 31.3 Å². The smallest absolute Gasteiger partial charge is 0.000815 e. The normalized spacial score (nSPS) is 26.0. The molecule has 0 bridgehead atoms. The average molecular weight is 190 g/mol. The first-order chi connectivity index (χ1) is 5.45. The van der Waals surface area contributed by atoms with Gasteiger partial charge in [0.15, 0.2) is 0 Å². The highest BCUT2D eigenvalue weighted by atomic mass is 35.5. The van der Waals surface area contributed by atoms with E-state index in [-0.39, 0.29) is 12.4 Å². The first-order valence-corrected chi connectivity index (χ1v) is 5.16. The van der Waals surface area contributed by atoms with Crippen molar-refractivity contribution in [3.05, 3.63) is 0 Å². The summed E-state index contributed by atoms with van der Waals surface area (Å²) >= 11 is 0. The van der Waals surface area contributed by atoms with Crippen LogP contribution in [0.1, 0.15) is 38.5 Å². The molecule has 0 aromatic heterocycles. The third kappa shape index (κ3) is 2.63. The first kappa shape index (κ1) is 10.3. The van der Waals surface area contributed by atoms with Gasteiger partial charge in [0.1, 0.15) is 0 Å². The molecule has 0 radical (unpaired) electrons. The fourth-order valence-corrected chi connectivity index (χ4v) is 2.41. The van der Waals surface area contributed by atoms with E-state index in [1.807, 2.05) is 0 Å². The summed E-state index contributed by atoms with van der Waals surface area (Å²) in [4.78, 5) is 0. The zero-order chi connectivity index (χ0) is 7.52. The fraction of sp³-hybridized carbons (Fsp3) is 1.00. The van der Waals surface area contributed by atoms with Crippen molar-refractivity contribution in [1.29, 1.82) is 0 Å². The van der Waals surface area contributed by atoms with Gasteiger partial charge in [0.05, 0.1) is 0 Å². The van der Waals surface area contributed by atoms with Crippen LogP contribution >= 0.6 is 12.4 Å². The van der Waals surface area contributed by atoms with E-state index >= 15 is 0 Å². The predicted octanol–water partition coefficient (Wildman–Crippen LogP) is 2.60. The van der Waals surface area contributed by atoms with Gasteiger partial charge in [-0.1, -0.05) is 32.1 Å². The van der Waals surface area contributed by atoms with Crippen molar-refractivity contribution in [2.24, 2.45) is 11.8 Å². The van der Waals surface area contributed by atoms with Crippen molar-refractivity contribution >= 4 is 12.4 Å². The van der Waals surface area contributed by atoms with Crippen LogP contribution in [0.25, 0.3) is 0 Å². The molecule has 2 heteroatoms. The zero-order valence-electron chi connectivity index (χ0n) is 7.72. The Morgan fingerprint density at radius 2 is 1.58 bits per heavy atom. The van der Waals surface area contributed by atoms with Gasteiger partial charge in [-0.25, -0.2) is 0 Å². The van der Waals surface area contributed by atoms with Crippen molar-refractivity contribution in [2.45, 2.75) is 38.5 Å². The summed E-state index contributed by atoms with van der Waals surface area (Å²) in [5.41, 5.74) is 0. The molecule has 0 aromatic carbocycles. The molecule has 1 aliphatic heterocycles. The van der Waals surface area contributed by atoms with E-state index in [1.54, 1.807) is 0 Å². The van der Waals surface area contributed by atoms with Gasteiger partial charge in [0.25, 0.3) is 0 Å². The summed E-state index contributed by atoms with van der Waals surface area (Å²) < 4.78 is 0. The molecule has 1 saturated heterocycles. The van der Waals surface area contributed by atoms with E-state index in [0.29, 0.717) is 0 Å². The van der Waals surface area contributed by atoms with Gasteiger partial charge in [0.2, 0.25) is 0 Å². The van der Waals surface area contributed by atoms with Crippen molar-refractivity contribution in [3.8, 4) is 0 Å². The van der Waals surface area contributed by atoms with Crippen molar-refractivity contribution in [1.82, 2.24) is 5.32 Å². The van der Waals surface area contributed by atoms with E-state index in [9.17, 15) is 0 Å². The molecule has 0 spiro atoms. The Hall–Kier alpha value is 0.250. The molecule has 2 rings (SSSR count). The minimum Gasteiger partial charge on any atom is -0.316 e. The number of rotatable bonds is 2. The van der Waals surface area contributed by atoms with Crippen molar-refractivity contribution < 1.29 is 0 Å². The third-order valence-electron chi connectivity index (χ3n) is 3.26. The van der Waals surface area contributed by atoms with Gasteiger partial charge in [-0.3, -0.25) is 0 Å². The molecule has 0 atom stereocenters. The van der Waals surface area contributed by atoms with Crippen LogP contribution in [0.3, 0.4) is 0 Å². The summed E-state index contributed by atoms with van der Waals surface area (Å²) in [6, 6.07) is 0. The lowest BCUT2D eigenvalue weighted by Crippen LogP contribution is -2.42. The highest BCUT2D eigenvalue weighted by Gasteiger charge is 2.22. The summed E-state index contributed by atoms with van der Waals surface area (Å²) in [6.45, 7) is 2.60. The monoisotopic (exact) mass is 189 g/mol. The van der Waals surface area contributed by atoms with Gasteiger partial charge >= 0.3 is 0 Å². The highest BCUT2D eigenvalue weighted by Crippen LogP contribution is 2.29. The van der Waals surface area contributed by atoms with Crippen LogP contribution in [0.15, 0.2) is 0 Å². The maximum Gasteiger partial charge on any atom is -0.000815 e. The molecule has 0 aromatic rings. The second-order valence-corrected chi connectivity index (χ2v) is 4.26. The number of hydrogen-bond donors (Lipinski definition) is 1. The minimum absolute atomic E-state index is 0. The SMILES string of the molecule is C1CCC(CC2CNC2)CC1.Cl. The van der Waals surface area contributed by atoms with Crippen LogP contribution in [0.4, 0.5) is 0 Å². The number of hydrogen-bond acceptors (Lipinski definition) is 1. The number of halogens is 1. The quantitative estimate of drug-likeness (QED) is 0.705. The van der Waals surface area contributed by atoms with Crippen LogP contribution in [0.5, 0.6) is 0 Å². The summed E-state index contributed by atoms with van der Waals surface area (Å²) in [7, 11) is 0. The Morgan fingerprint density at radius 1 is 0.917 bits per heavy atom. The largest absolute Gasteiger partial charge is 0.316 e. The van der Waals surface area contributed by atoms with E-state index in [2.05, 4.69) is 5.32 Å². The molecular weight excluding hydrogens is 170 g/mol. The van der Waals surface area contributed by atoms with E-state index in [4.69, 9.17) is 0 Å². The lowest BCUT2D eigenvalue weighted by atomic mass is 9.81. The van der Waals surface area contributed by atoms with Gasteiger partial charge in [0, 0.05) is 0 Å². The van der Waals surface area contributed by atoms with Crippen LogP contribution in [0.2, 0.25) is 0 Å². The lowest BCUT2D eigenvalue weighted by molar-refractivity contribution is 0.235. The Bertz CT molecular complexity index is 117. The Balaban J connectivity index is 0.000000720. The van der Waals surface area contributed by atoms with Crippen LogP contribution < -0.4 is 5.32 Å². The molecule has 1 heterocycles. The van der Waals surface area contributed by atoms with Crippen molar-refractivity contribution in [2.75, 3.05) is 13.1 Å². The second kappa shape index (κ2) is 5.08. The molecule has 1 N–H and O–H groups in total. The van der Waals surface area contributed by atoms with E-state index in [0.717, 1.165) is 11.8 Å². The van der Waals surface area contributed by atoms with Crippen LogP contribution in [-0.4, -0.2) is 13.1 Å². The summed E-state index contributed by atoms with van der Waals surface area (Å²) in [6.07, 6.45) is 9.08. The molecule has 0 amide bonds. The summed E-state index contributed by atoms with van der Waals surface area (Å²) in [5.74, 6) is 2.13. The molecule has 12 heavy (non-hydrogen) atoms. The first-order valence-electron chi connectivity index (χ1n) is 5.16. The fourth-order valence-electron chi connectivity index (χ4n) is 2.41. The molecule has 72 valence electrons. The maximum atomic E-state index is 3.35. The molecule has 1 nitrogen and oxygen atoms in total. The Kier molecular flexibility index (Phi) is 4.38. The van der Waals surface area contributed by atoms with E-state index < -0.39 is 0 Å².